The van der Waals surface area contributed by atoms with Gasteiger partial charge in [0.1, 0.15) is 19.0 Å². The molecule has 7 nitrogen and oxygen atoms in total. The zero-order valence-corrected chi connectivity index (χ0v) is 19.6. The van der Waals surface area contributed by atoms with Crippen LogP contribution in [0.4, 0.5) is 4.39 Å². The van der Waals surface area contributed by atoms with Crippen molar-refractivity contribution in [3.8, 4) is 23.0 Å². The van der Waals surface area contributed by atoms with Crippen molar-refractivity contribution in [2.24, 2.45) is 5.10 Å². The number of carbonyl (C=O) groups excluding carboxylic acids is 1. The van der Waals surface area contributed by atoms with Crippen molar-refractivity contribution >= 4 is 12.1 Å². The number of benzene rings is 3. The maximum atomic E-state index is 13.1. The van der Waals surface area contributed by atoms with Crippen molar-refractivity contribution in [3.05, 3.63) is 95.8 Å². The summed E-state index contributed by atoms with van der Waals surface area (Å²) >= 11 is 0. The molecule has 0 radical (unpaired) electrons. The smallest absolute Gasteiger partial charge is 0.271 e. The van der Waals surface area contributed by atoms with Crippen molar-refractivity contribution in [2.75, 3.05) is 20.3 Å². The Bertz CT molecular complexity index is 1180. The van der Waals surface area contributed by atoms with Crippen LogP contribution < -0.4 is 24.4 Å². The number of hydrogen-bond acceptors (Lipinski definition) is 6. The standard InChI is InChI=1S/C27H27FN2O5/c1-4-14-34-23-13-9-21(16-25(23)32-3)27(31)30-29-17-20-8-12-24(26(15-20)33-5-2)35-18-19-6-10-22(28)11-7-19/h4,6-13,15-17H,1,5,14,18H2,2-3H3,(H,30,31)/b29-17+. The zero-order chi connectivity index (χ0) is 25.0. The van der Waals surface area contributed by atoms with Crippen molar-refractivity contribution in [2.45, 2.75) is 13.5 Å². The van der Waals surface area contributed by atoms with Crippen LogP contribution in [0, 0.1) is 5.82 Å². The number of amides is 1. The highest BCUT2D eigenvalue weighted by Crippen LogP contribution is 2.29. The Balaban J connectivity index is 1.64. The van der Waals surface area contributed by atoms with Crippen LogP contribution in [0.1, 0.15) is 28.4 Å². The summed E-state index contributed by atoms with van der Waals surface area (Å²) in [5, 5.41) is 4.04. The molecule has 1 amide bonds. The summed E-state index contributed by atoms with van der Waals surface area (Å²) in [5.74, 6) is 1.32. The van der Waals surface area contributed by atoms with Gasteiger partial charge in [0.15, 0.2) is 23.0 Å². The van der Waals surface area contributed by atoms with Crippen LogP contribution >= 0.6 is 0 Å². The second-order valence-corrected chi connectivity index (χ2v) is 7.22. The first-order valence-electron chi connectivity index (χ1n) is 10.9. The van der Waals surface area contributed by atoms with E-state index in [4.69, 9.17) is 18.9 Å². The molecule has 0 aromatic heterocycles. The molecule has 0 aliphatic carbocycles. The molecule has 35 heavy (non-hydrogen) atoms. The fourth-order valence-corrected chi connectivity index (χ4v) is 3.04. The Morgan fingerprint density at radius 2 is 1.71 bits per heavy atom. The van der Waals surface area contributed by atoms with Gasteiger partial charge >= 0.3 is 0 Å². The van der Waals surface area contributed by atoms with Gasteiger partial charge in [-0.1, -0.05) is 24.8 Å². The molecule has 0 saturated heterocycles. The van der Waals surface area contributed by atoms with E-state index in [-0.39, 0.29) is 12.4 Å². The Hall–Kier alpha value is -4.33. The maximum Gasteiger partial charge on any atom is 0.271 e. The van der Waals surface area contributed by atoms with Crippen molar-refractivity contribution in [3.63, 3.8) is 0 Å². The molecule has 3 rings (SSSR count). The monoisotopic (exact) mass is 478 g/mol. The third-order valence-electron chi connectivity index (χ3n) is 4.74. The fraction of sp³-hybridized carbons (Fsp3) is 0.185. The summed E-state index contributed by atoms with van der Waals surface area (Å²) in [4.78, 5) is 12.5. The average Bonchev–Trinajstić information content (AvgIpc) is 2.88. The van der Waals surface area contributed by atoms with Gasteiger partial charge in [0.05, 0.1) is 19.9 Å². The Morgan fingerprint density at radius 3 is 2.43 bits per heavy atom. The molecule has 1 N–H and O–H groups in total. The van der Waals surface area contributed by atoms with E-state index in [0.29, 0.717) is 47.3 Å². The summed E-state index contributed by atoms with van der Waals surface area (Å²) in [6.07, 6.45) is 3.12. The molecule has 0 atom stereocenters. The molecular formula is C27H27FN2O5. The second-order valence-electron chi connectivity index (χ2n) is 7.22. The topological polar surface area (TPSA) is 78.4 Å². The molecule has 0 aliphatic rings. The number of hydrazone groups is 1. The number of methoxy groups -OCH3 is 1. The Morgan fingerprint density at radius 1 is 0.971 bits per heavy atom. The molecule has 0 fully saturated rings. The first-order valence-corrected chi connectivity index (χ1v) is 10.9. The van der Waals surface area contributed by atoms with E-state index < -0.39 is 5.91 Å². The van der Waals surface area contributed by atoms with E-state index in [1.165, 1.54) is 25.5 Å². The third kappa shape index (κ3) is 7.33. The molecule has 0 spiro atoms. The van der Waals surface area contributed by atoms with Gasteiger partial charge in [0.2, 0.25) is 0 Å². The molecule has 8 heteroatoms. The molecule has 182 valence electrons. The van der Waals surface area contributed by atoms with Crippen LogP contribution in [0.5, 0.6) is 23.0 Å². The molecule has 0 unspecified atom stereocenters. The van der Waals surface area contributed by atoms with Crippen LogP contribution in [0.25, 0.3) is 0 Å². The first kappa shape index (κ1) is 25.3. The van der Waals surface area contributed by atoms with Gasteiger partial charge in [0.25, 0.3) is 5.91 Å². The SMILES string of the molecule is C=CCOc1ccc(C(=O)N/N=C/c2ccc(OCc3ccc(F)cc3)c(OCC)c2)cc1OC. The van der Waals surface area contributed by atoms with E-state index in [9.17, 15) is 9.18 Å². The molecule has 0 bridgehead atoms. The molecule has 0 saturated carbocycles. The quantitative estimate of drug-likeness (QED) is 0.222. The van der Waals surface area contributed by atoms with E-state index >= 15 is 0 Å². The van der Waals surface area contributed by atoms with Gasteiger partial charge < -0.3 is 18.9 Å². The van der Waals surface area contributed by atoms with Gasteiger partial charge in [-0.15, -0.1) is 0 Å². The molecule has 0 heterocycles. The predicted octanol–water partition coefficient (Wildman–Crippen LogP) is 5.14. The summed E-state index contributed by atoms with van der Waals surface area (Å²) in [5.41, 5.74) is 4.39. The molecule has 3 aromatic rings. The largest absolute Gasteiger partial charge is 0.493 e. The lowest BCUT2D eigenvalue weighted by molar-refractivity contribution is 0.0954. The average molecular weight is 479 g/mol. The molecule has 0 aliphatic heterocycles. The van der Waals surface area contributed by atoms with Gasteiger partial charge in [0, 0.05) is 5.56 Å². The third-order valence-corrected chi connectivity index (χ3v) is 4.74. The van der Waals surface area contributed by atoms with Gasteiger partial charge in [-0.2, -0.15) is 5.10 Å². The highest BCUT2D eigenvalue weighted by molar-refractivity contribution is 5.95. The van der Waals surface area contributed by atoms with Crippen LogP contribution in [0.15, 0.2) is 78.4 Å². The highest BCUT2D eigenvalue weighted by atomic mass is 19.1. The number of ether oxygens (including phenoxy) is 4. The minimum Gasteiger partial charge on any atom is -0.493 e. The summed E-state index contributed by atoms with van der Waals surface area (Å²) in [7, 11) is 1.50. The summed E-state index contributed by atoms with van der Waals surface area (Å²) < 4.78 is 35.4. The van der Waals surface area contributed by atoms with Crippen LogP contribution in [0.3, 0.4) is 0 Å². The van der Waals surface area contributed by atoms with Gasteiger partial charge in [-0.05, 0) is 66.6 Å². The van der Waals surface area contributed by atoms with Gasteiger partial charge in [-0.25, -0.2) is 9.82 Å². The maximum absolute atomic E-state index is 13.1. The van der Waals surface area contributed by atoms with E-state index in [2.05, 4.69) is 17.1 Å². The number of halogens is 1. The number of hydrogen-bond donors (Lipinski definition) is 1. The van der Waals surface area contributed by atoms with Gasteiger partial charge in [-0.3, -0.25) is 4.79 Å². The van der Waals surface area contributed by atoms with Crippen LogP contribution in [0.2, 0.25) is 0 Å². The van der Waals surface area contributed by atoms with Crippen molar-refractivity contribution < 1.29 is 28.1 Å². The van der Waals surface area contributed by atoms with E-state index in [1.54, 1.807) is 54.6 Å². The fourth-order valence-electron chi connectivity index (χ4n) is 3.04. The number of carbonyl (C=O) groups is 1. The predicted molar refractivity (Wildman–Crippen MR) is 132 cm³/mol. The zero-order valence-electron chi connectivity index (χ0n) is 19.6. The molecule has 3 aromatic carbocycles. The number of nitrogens with zero attached hydrogens (tertiary/aromatic N) is 1. The van der Waals surface area contributed by atoms with Crippen molar-refractivity contribution in [1.82, 2.24) is 5.43 Å². The number of nitrogens with one attached hydrogen (secondary N) is 1. The van der Waals surface area contributed by atoms with Crippen LogP contribution in [-0.2, 0) is 6.61 Å². The summed E-state index contributed by atoms with van der Waals surface area (Å²) in [6, 6.07) is 16.2. The van der Waals surface area contributed by atoms with Crippen molar-refractivity contribution in [1.29, 1.82) is 0 Å². The van der Waals surface area contributed by atoms with Crippen LogP contribution in [-0.4, -0.2) is 32.4 Å². The Kier molecular flexibility index (Phi) is 9.24. The first-order chi connectivity index (χ1) is 17.0. The number of rotatable bonds is 12. The second kappa shape index (κ2) is 12.8. The van der Waals surface area contributed by atoms with E-state index in [1.807, 2.05) is 6.92 Å². The lowest BCUT2D eigenvalue weighted by atomic mass is 10.2. The minimum atomic E-state index is -0.404. The van der Waals surface area contributed by atoms with E-state index in [0.717, 1.165) is 5.56 Å². The molecular weight excluding hydrogens is 451 g/mol. The normalized spacial score (nSPS) is 10.6. The Labute approximate surface area is 203 Å². The minimum absolute atomic E-state index is 0.269. The summed E-state index contributed by atoms with van der Waals surface area (Å²) in [6.45, 7) is 6.51. The lowest BCUT2D eigenvalue weighted by Crippen LogP contribution is -2.17. The lowest BCUT2D eigenvalue weighted by Gasteiger charge is -2.12. The highest BCUT2D eigenvalue weighted by Gasteiger charge is 2.11.